The highest BCUT2D eigenvalue weighted by atomic mass is 35.5. The van der Waals surface area contributed by atoms with Crippen molar-refractivity contribution >= 4 is 35.5 Å². The molecule has 5 nitrogen and oxygen atoms in total. The van der Waals surface area contributed by atoms with E-state index in [9.17, 15) is 4.79 Å². The van der Waals surface area contributed by atoms with Gasteiger partial charge in [-0.25, -0.2) is 9.79 Å². The van der Waals surface area contributed by atoms with Crippen LogP contribution in [0.2, 0.25) is 0 Å². The Morgan fingerprint density at radius 1 is 1.80 bits per heavy atom. The number of rotatable bonds is 3. The maximum atomic E-state index is 10.9. The summed E-state index contributed by atoms with van der Waals surface area (Å²) in [5, 5.41) is 12.5. The van der Waals surface area contributed by atoms with Crippen LogP contribution in [0.3, 0.4) is 0 Å². The highest BCUT2D eigenvalue weighted by Crippen LogP contribution is 2.28. The van der Waals surface area contributed by atoms with Gasteiger partial charge in [-0.15, -0.1) is 11.8 Å². The molecule has 0 amide bonds. The van der Waals surface area contributed by atoms with Crippen molar-refractivity contribution in [1.29, 1.82) is 0 Å². The Balaban J connectivity index is 2.89. The molecular weight excluding hydrogens is 238 g/mol. The first kappa shape index (κ1) is 12.4. The second-order valence-corrected chi connectivity index (χ2v) is 5.29. The fourth-order valence-electron chi connectivity index (χ4n) is 0.911. The standard InChI is InChI=1S/C8H12ClN3O2S/c1-4(2)15-6-5(9)11-3-8(10,12-6)7(13)14/h3-4,12H,10H2,1-2H3,(H,13,14). The van der Waals surface area contributed by atoms with Crippen molar-refractivity contribution in [1.82, 2.24) is 5.32 Å². The fourth-order valence-corrected chi connectivity index (χ4v) is 1.99. The topological polar surface area (TPSA) is 87.7 Å². The summed E-state index contributed by atoms with van der Waals surface area (Å²) in [4.78, 5) is 14.6. The van der Waals surface area contributed by atoms with Gasteiger partial charge in [0.05, 0.1) is 6.21 Å². The molecule has 0 aromatic heterocycles. The van der Waals surface area contributed by atoms with Crippen LogP contribution in [0.15, 0.2) is 15.2 Å². The average Bonchev–Trinajstić information content (AvgIpc) is 2.10. The van der Waals surface area contributed by atoms with Crippen LogP contribution in [-0.2, 0) is 4.79 Å². The van der Waals surface area contributed by atoms with Gasteiger partial charge >= 0.3 is 5.97 Å². The zero-order chi connectivity index (χ0) is 11.6. The van der Waals surface area contributed by atoms with Crippen LogP contribution >= 0.6 is 23.4 Å². The molecule has 0 bridgehead atoms. The van der Waals surface area contributed by atoms with Crippen LogP contribution in [0.5, 0.6) is 0 Å². The summed E-state index contributed by atoms with van der Waals surface area (Å²) in [6.45, 7) is 3.92. The van der Waals surface area contributed by atoms with E-state index in [1.54, 1.807) is 0 Å². The molecule has 4 N–H and O–H groups in total. The Hall–Kier alpha value is -0.720. The Labute approximate surface area is 96.8 Å². The third-order valence-electron chi connectivity index (χ3n) is 1.60. The van der Waals surface area contributed by atoms with Gasteiger partial charge in [0.25, 0.3) is 0 Å². The first-order chi connectivity index (χ1) is 6.85. The molecule has 0 saturated carbocycles. The monoisotopic (exact) mass is 249 g/mol. The number of carboxylic acid groups (broad SMARTS) is 1. The van der Waals surface area contributed by atoms with E-state index in [0.717, 1.165) is 6.21 Å². The van der Waals surface area contributed by atoms with Gasteiger partial charge in [0.15, 0.2) is 5.16 Å². The summed E-state index contributed by atoms with van der Waals surface area (Å²) < 4.78 is 0. The minimum absolute atomic E-state index is 0.232. The molecule has 84 valence electrons. The van der Waals surface area contributed by atoms with E-state index in [4.69, 9.17) is 22.4 Å². The molecule has 1 unspecified atom stereocenters. The van der Waals surface area contributed by atoms with E-state index < -0.39 is 11.6 Å². The van der Waals surface area contributed by atoms with Crippen LogP contribution in [-0.4, -0.2) is 28.2 Å². The van der Waals surface area contributed by atoms with Gasteiger partial charge < -0.3 is 10.4 Å². The lowest BCUT2D eigenvalue weighted by atomic mass is 10.2. The number of carboxylic acids is 1. The normalized spacial score (nSPS) is 25.7. The molecule has 0 saturated heterocycles. The van der Waals surface area contributed by atoms with Crippen LogP contribution in [0.4, 0.5) is 0 Å². The number of carbonyl (C=O) groups is 1. The number of nitrogens with one attached hydrogen (secondary N) is 1. The second kappa shape index (κ2) is 4.42. The third-order valence-corrected chi connectivity index (χ3v) is 3.00. The maximum Gasteiger partial charge on any atom is 0.350 e. The van der Waals surface area contributed by atoms with Crippen LogP contribution < -0.4 is 11.1 Å². The number of aliphatic imine (C=N–C) groups is 1. The van der Waals surface area contributed by atoms with Crippen molar-refractivity contribution in [2.75, 3.05) is 0 Å². The van der Waals surface area contributed by atoms with Crippen LogP contribution in [0, 0.1) is 0 Å². The molecular formula is C8H12ClN3O2S. The lowest BCUT2D eigenvalue weighted by Gasteiger charge is -2.28. The van der Waals surface area contributed by atoms with Crippen molar-refractivity contribution in [2.24, 2.45) is 10.7 Å². The molecule has 0 radical (unpaired) electrons. The smallest absolute Gasteiger partial charge is 0.350 e. The van der Waals surface area contributed by atoms with Crippen molar-refractivity contribution in [2.45, 2.75) is 24.8 Å². The van der Waals surface area contributed by atoms with Gasteiger partial charge in [0.1, 0.15) is 5.03 Å². The Morgan fingerprint density at radius 2 is 2.40 bits per heavy atom. The molecule has 0 aromatic rings. The van der Waals surface area contributed by atoms with Gasteiger partial charge in [-0.1, -0.05) is 25.4 Å². The van der Waals surface area contributed by atoms with Crippen LogP contribution in [0.1, 0.15) is 13.8 Å². The lowest BCUT2D eigenvalue weighted by molar-refractivity contribution is -0.141. The van der Waals surface area contributed by atoms with Crippen molar-refractivity contribution in [3.05, 3.63) is 10.2 Å². The molecule has 1 aliphatic heterocycles. The molecule has 1 atom stereocenters. The number of thioether (sulfide) groups is 1. The number of halogens is 1. The van der Waals surface area contributed by atoms with E-state index in [1.165, 1.54) is 11.8 Å². The molecule has 7 heteroatoms. The van der Waals surface area contributed by atoms with E-state index in [0.29, 0.717) is 5.03 Å². The number of hydrogen-bond donors (Lipinski definition) is 3. The first-order valence-electron chi connectivity index (χ1n) is 4.27. The Kier molecular flexibility index (Phi) is 3.64. The zero-order valence-electron chi connectivity index (χ0n) is 8.32. The summed E-state index contributed by atoms with van der Waals surface area (Å²) in [5.74, 6) is -1.20. The Bertz CT molecular complexity index is 343. The van der Waals surface area contributed by atoms with Crippen molar-refractivity contribution in [3.63, 3.8) is 0 Å². The SMILES string of the molecule is CC(C)SC1=C(Cl)N=CC(N)(C(=O)O)N1. The minimum atomic E-state index is -1.67. The van der Waals surface area contributed by atoms with E-state index in [1.807, 2.05) is 13.8 Å². The number of nitrogens with two attached hydrogens (primary N) is 1. The minimum Gasteiger partial charge on any atom is -0.478 e. The molecule has 0 fully saturated rings. The van der Waals surface area contributed by atoms with E-state index >= 15 is 0 Å². The first-order valence-corrected chi connectivity index (χ1v) is 5.53. The molecule has 0 spiro atoms. The molecule has 1 rings (SSSR count). The van der Waals surface area contributed by atoms with Gasteiger partial charge in [-0.05, 0) is 0 Å². The summed E-state index contributed by atoms with van der Waals surface area (Å²) in [7, 11) is 0. The molecule has 0 aliphatic carbocycles. The zero-order valence-corrected chi connectivity index (χ0v) is 9.89. The van der Waals surface area contributed by atoms with Crippen LogP contribution in [0.25, 0.3) is 0 Å². The molecule has 1 aliphatic rings. The largest absolute Gasteiger partial charge is 0.478 e. The maximum absolute atomic E-state index is 10.9. The molecule has 0 aromatic carbocycles. The predicted molar refractivity (Wildman–Crippen MR) is 61.8 cm³/mol. The predicted octanol–water partition coefficient (Wildman–Crippen LogP) is 0.907. The van der Waals surface area contributed by atoms with E-state index in [2.05, 4.69) is 10.3 Å². The lowest BCUT2D eigenvalue weighted by Crippen LogP contribution is -2.61. The third kappa shape index (κ3) is 2.87. The number of nitrogens with zero attached hydrogens (tertiary/aromatic N) is 1. The van der Waals surface area contributed by atoms with Crippen molar-refractivity contribution < 1.29 is 9.90 Å². The van der Waals surface area contributed by atoms with Gasteiger partial charge in [-0.2, -0.15) is 0 Å². The van der Waals surface area contributed by atoms with Gasteiger partial charge in [-0.3, -0.25) is 5.73 Å². The molecule has 15 heavy (non-hydrogen) atoms. The molecule has 1 heterocycles. The van der Waals surface area contributed by atoms with Gasteiger partial charge in [0, 0.05) is 5.25 Å². The number of aliphatic carboxylic acids is 1. The second-order valence-electron chi connectivity index (χ2n) is 3.34. The average molecular weight is 250 g/mol. The summed E-state index contributed by atoms with van der Waals surface area (Å²) in [6.07, 6.45) is 1.09. The van der Waals surface area contributed by atoms with Gasteiger partial charge in [0.2, 0.25) is 5.66 Å². The highest BCUT2D eigenvalue weighted by Gasteiger charge is 2.36. The summed E-state index contributed by atoms with van der Waals surface area (Å²) in [5.41, 5.74) is 3.89. The highest BCUT2D eigenvalue weighted by molar-refractivity contribution is 8.03. The Morgan fingerprint density at radius 3 is 2.87 bits per heavy atom. The van der Waals surface area contributed by atoms with E-state index in [-0.39, 0.29) is 10.4 Å². The summed E-state index contributed by atoms with van der Waals surface area (Å²) in [6, 6.07) is 0. The summed E-state index contributed by atoms with van der Waals surface area (Å²) >= 11 is 7.19. The quantitative estimate of drug-likeness (QED) is 0.647. The number of hydrogen-bond acceptors (Lipinski definition) is 5. The van der Waals surface area contributed by atoms with Crippen molar-refractivity contribution in [3.8, 4) is 0 Å². The fraction of sp³-hybridized carbons (Fsp3) is 0.500.